The van der Waals surface area contributed by atoms with E-state index in [0.717, 1.165) is 30.4 Å². The van der Waals surface area contributed by atoms with E-state index in [1.807, 2.05) is 18.2 Å². The number of hydrogen-bond donors (Lipinski definition) is 2. The number of aliphatic hydroxyl groups is 1. The Morgan fingerprint density at radius 1 is 1.22 bits per heavy atom. The fourth-order valence-electron chi connectivity index (χ4n) is 3.25. The average Bonchev–Trinajstić information content (AvgIpc) is 2.66. The van der Waals surface area contributed by atoms with Crippen molar-refractivity contribution in [3.8, 4) is 5.75 Å². The molecule has 0 saturated heterocycles. The minimum atomic E-state index is -0.469. The van der Waals surface area contributed by atoms with Gasteiger partial charge in [-0.15, -0.1) is 0 Å². The molecule has 0 saturated carbocycles. The van der Waals surface area contributed by atoms with Gasteiger partial charge in [0.1, 0.15) is 5.75 Å². The van der Waals surface area contributed by atoms with Crippen molar-refractivity contribution < 1.29 is 19.4 Å². The molecule has 0 unspecified atom stereocenters. The first-order valence-corrected chi connectivity index (χ1v) is 9.00. The highest BCUT2D eigenvalue weighted by Gasteiger charge is 2.21. The molecule has 0 fully saturated rings. The molecule has 0 bridgehead atoms. The lowest BCUT2D eigenvalue weighted by molar-refractivity contribution is -0.118. The number of nitrogens with zero attached hydrogens (tertiary/aromatic N) is 1. The summed E-state index contributed by atoms with van der Waals surface area (Å²) in [6.45, 7) is -0.140. The smallest absolute Gasteiger partial charge is 0.262 e. The van der Waals surface area contributed by atoms with E-state index < -0.39 is 6.10 Å². The lowest BCUT2D eigenvalue weighted by Crippen LogP contribution is -2.23. The summed E-state index contributed by atoms with van der Waals surface area (Å²) >= 11 is 0. The van der Waals surface area contributed by atoms with Gasteiger partial charge in [-0.1, -0.05) is 18.2 Å². The highest BCUT2D eigenvalue weighted by Crippen LogP contribution is 2.35. The van der Waals surface area contributed by atoms with E-state index in [9.17, 15) is 14.7 Å². The summed E-state index contributed by atoms with van der Waals surface area (Å²) in [7, 11) is 3.36. The molecular formula is C21H24N2O4. The van der Waals surface area contributed by atoms with Crippen LogP contribution in [0.2, 0.25) is 0 Å². The summed E-state index contributed by atoms with van der Waals surface area (Å²) in [6, 6.07) is 12.3. The molecule has 2 aromatic carbocycles. The van der Waals surface area contributed by atoms with Gasteiger partial charge in [0.05, 0.1) is 6.10 Å². The Hall–Kier alpha value is -2.86. The molecule has 0 aromatic heterocycles. The van der Waals surface area contributed by atoms with E-state index in [1.54, 1.807) is 38.4 Å². The van der Waals surface area contributed by atoms with Crippen LogP contribution in [0.5, 0.6) is 5.75 Å². The molecule has 0 heterocycles. The lowest BCUT2D eigenvalue weighted by atomic mass is 9.89. The van der Waals surface area contributed by atoms with Gasteiger partial charge in [0.25, 0.3) is 11.8 Å². The summed E-state index contributed by atoms with van der Waals surface area (Å²) in [4.78, 5) is 25.8. The number of nitrogens with one attached hydrogen (secondary N) is 1. The normalized spacial score (nSPS) is 15.6. The first-order valence-electron chi connectivity index (χ1n) is 9.00. The number of hydrogen-bond acceptors (Lipinski definition) is 4. The lowest BCUT2D eigenvalue weighted by Gasteiger charge is -2.23. The number of benzene rings is 2. The molecular weight excluding hydrogens is 344 g/mol. The third-order valence-corrected chi connectivity index (χ3v) is 4.59. The number of fused-ring (bicyclic) bond motifs is 1. The summed E-state index contributed by atoms with van der Waals surface area (Å²) in [5.74, 6) is 0.202. The van der Waals surface area contributed by atoms with Crippen molar-refractivity contribution in [1.82, 2.24) is 4.90 Å². The number of carbonyl (C=O) groups excluding carboxylic acids is 2. The van der Waals surface area contributed by atoms with Crippen molar-refractivity contribution >= 4 is 17.5 Å². The van der Waals surface area contributed by atoms with Gasteiger partial charge < -0.3 is 20.1 Å². The molecule has 0 spiro atoms. The van der Waals surface area contributed by atoms with Crippen molar-refractivity contribution in [2.45, 2.75) is 25.4 Å². The third kappa shape index (κ3) is 4.46. The van der Waals surface area contributed by atoms with E-state index in [1.165, 1.54) is 4.90 Å². The molecule has 2 aromatic rings. The number of aliphatic hydroxyl groups excluding tert-OH is 1. The van der Waals surface area contributed by atoms with Gasteiger partial charge in [0.2, 0.25) is 0 Å². The minimum absolute atomic E-state index is 0.128. The second-order valence-electron chi connectivity index (χ2n) is 6.85. The Kier molecular flexibility index (Phi) is 5.76. The zero-order valence-corrected chi connectivity index (χ0v) is 15.6. The van der Waals surface area contributed by atoms with Crippen molar-refractivity contribution in [3.63, 3.8) is 0 Å². The number of amides is 2. The molecule has 0 radical (unpaired) electrons. The zero-order valence-electron chi connectivity index (χ0n) is 15.6. The maximum Gasteiger partial charge on any atom is 0.262 e. The Morgan fingerprint density at radius 2 is 2.00 bits per heavy atom. The van der Waals surface area contributed by atoms with Crippen LogP contribution in [-0.2, 0) is 11.2 Å². The minimum Gasteiger partial charge on any atom is -0.483 e. The molecule has 142 valence electrons. The molecule has 0 aliphatic heterocycles. The van der Waals surface area contributed by atoms with E-state index in [-0.39, 0.29) is 18.4 Å². The molecule has 27 heavy (non-hydrogen) atoms. The van der Waals surface area contributed by atoms with Crippen molar-refractivity contribution in [1.29, 1.82) is 0 Å². The predicted octanol–water partition coefficient (Wildman–Crippen LogP) is 2.78. The Labute approximate surface area is 158 Å². The molecule has 1 aliphatic rings. The topological polar surface area (TPSA) is 78.9 Å². The van der Waals surface area contributed by atoms with Gasteiger partial charge in [0, 0.05) is 25.3 Å². The molecule has 6 nitrogen and oxygen atoms in total. The summed E-state index contributed by atoms with van der Waals surface area (Å²) < 4.78 is 5.70. The number of rotatable bonds is 5. The van der Waals surface area contributed by atoms with Gasteiger partial charge >= 0.3 is 0 Å². The van der Waals surface area contributed by atoms with Gasteiger partial charge in [0.15, 0.2) is 6.61 Å². The van der Waals surface area contributed by atoms with Gasteiger partial charge in [-0.05, 0) is 54.7 Å². The van der Waals surface area contributed by atoms with E-state index in [0.29, 0.717) is 17.0 Å². The van der Waals surface area contributed by atoms with Crippen LogP contribution in [0, 0.1) is 0 Å². The first-order chi connectivity index (χ1) is 13.0. The second kappa shape index (κ2) is 8.22. The predicted molar refractivity (Wildman–Crippen MR) is 103 cm³/mol. The molecule has 6 heteroatoms. The SMILES string of the molecule is CN(C)C(=O)c1cccc(NC(=O)COc2cccc3c2CCC[C@H]3O)c1. The fourth-order valence-corrected chi connectivity index (χ4v) is 3.25. The van der Waals surface area contributed by atoms with Crippen LogP contribution in [0.4, 0.5) is 5.69 Å². The monoisotopic (exact) mass is 368 g/mol. The quantitative estimate of drug-likeness (QED) is 0.851. The highest BCUT2D eigenvalue weighted by molar-refractivity contribution is 5.97. The molecule has 1 aliphatic carbocycles. The Balaban J connectivity index is 1.64. The number of anilines is 1. The molecule has 2 amide bonds. The van der Waals surface area contributed by atoms with E-state index in [4.69, 9.17) is 4.74 Å². The van der Waals surface area contributed by atoms with Gasteiger partial charge in [-0.25, -0.2) is 0 Å². The zero-order chi connectivity index (χ0) is 19.4. The summed E-state index contributed by atoms with van der Waals surface area (Å²) in [5, 5.41) is 12.9. The van der Waals surface area contributed by atoms with Crippen LogP contribution >= 0.6 is 0 Å². The standard InChI is InChI=1S/C21H24N2O4/c1-23(2)21(26)14-6-3-7-15(12-14)22-20(25)13-27-19-11-5-8-16-17(19)9-4-10-18(16)24/h3,5-8,11-12,18,24H,4,9-10,13H2,1-2H3,(H,22,25)/t18-/m1/s1. The largest absolute Gasteiger partial charge is 0.483 e. The van der Waals surface area contributed by atoms with Crippen molar-refractivity contribution in [3.05, 3.63) is 59.2 Å². The van der Waals surface area contributed by atoms with Crippen LogP contribution in [0.1, 0.15) is 40.4 Å². The van der Waals surface area contributed by atoms with E-state index >= 15 is 0 Å². The van der Waals surface area contributed by atoms with Crippen molar-refractivity contribution in [2.75, 3.05) is 26.0 Å². The van der Waals surface area contributed by atoms with Crippen LogP contribution in [0.3, 0.4) is 0 Å². The Bertz CT molecular complexity index is 848. The van der Waals surface area contributed by atoms with Crippen LogP contribution < -0.4 is 10.1 Å². The molecule has 1 atom stereocenters. The van der Waals surface area contributed by atoms with E-state index in [2.05, 4.69) is 5.32 Å². The van der Waals surface area contributed by atoms with Gasteiger partial charge in [-0.3, -0.25) is 9.59 Å². The molecule has 2 N–H and O–H groups in total. The number of carbonyl (C=O) groups is 2. The van der Waals surface area contributed by atoms with Gasteiger partial charge in [-0.2, -0.15) is 0 Å². The average molecular weight is 368 g/mol. The number of ether oxygens (including phenoxy) is 1. The maximum absolute atomic E-state index is 12.3. The summed E-state index contributed by atoms with van der Waals surface area (Å²) in [5.41, 5.74) is 2.91. The third-order valence-electron chi connectivity index (χ3n) is 4.59. The summed E-state index contributed by atoms with van der Waals surface area (Å²) in [6.07, 6.45) is 2.01. The first kappa shape index (κ1) is 18.9. The molecule has 3 rings (SSSR count). The highest BCUT2D eigenvalue weighted by atomic mass is 16.5. The second-order valence-corrected chi connectivity index (χ2v) is 6.85. The maximum atomic E-state index is 12.3. The Morgan fingerprint density at radius 3 is 2.78 bits per heavy atom. The van der Waals surface area contributed by atoms with Crippen LogP contribution in [0.15, 0.2) is 42.5 Å². The van der Waals surface area contributed by atoms with Crippen molar-refractivity contribution in [2.24, 2.45) is 0 Å². The fraction of sp³-hybridized carbons (Fsp3) is 0.333. The van der Waals surface area contributed by atoms with Crippen LogP contribution in [-0.4, -0.2) is 42.5 Å². The van der Waals surface area contributed by atoms with Crippen LogP contribution in [0.25, 0.3) is 0 Å².